The third-order valence-electron chi connectivity index (χ3n) is 6.81. The molecule has 3 aromatic carbocycles. The first kappa shape index (κ1) is 27.3. The van der Waals surface area contributed by atoms with Crippen LogP contribution in [-0.4, -0.2) is 34.6 Å². The highest BCUT2D eigenvalue weighted by Gasteiger charge is 2.32. The maximum Gasteiger partial charge on any atom is 0.243 e. The van der Waals surface area contributed by atoms with E-state index in [9.17, 15) is 9.59 Å². The Hall–Kier alpha value is -2.76. The second-order valence-corrected chi connectivity index (χ2v) is 11.2. The van der Waals surface area contributed by atoms with E-state index in [2.05, 4.69) is 17.4 Å². The van der Waals surface area contributed by atoms with Crippen molar-refractivity contribution < 1.29 is 9.59 Å². The molecule has 194 valence electrons. The number of halogens is 1. The smallest absolute Gasteiger partial charge is 0.243 e. The van der Waals surface area contributed by atoms with Crippen LogP contribution in [0.15, 0.2) is 84.9 Å². The van der Waals surface area contributed by atoms with Gasteiger partial charge in [-0.05, 0) is 41.7 Å². The lowest BCUT2D eigenvalue weighted by atomic mass is 10.0. The van der Waals surface area contributed by atoms with E-state index in [1.165, 1.54) is 5.56 Å². The highest BCUT2D eigenvalue weighted by atomic mass is 35.5. The minimum absolute atomic E-state index is 0.00184. The number of hydrogen-bond donors (Lipinski definition) is 1. The van der Waals surface area contributed by atoms with Crippen LogP contribution in [0, 0.1) is 0 Å². The Bertz CT molecular complexity index is 1120. The van der Waals surface area contributed by atoms with Crippen molar-refractivity contribution in [2.45, 2.75) is 62.9 Å². The molecule has 1 saturated carbocycles. The van der Waals surface area contributed by atoms with Crippen LogP contribution in [0.3, 0.4) is 0 Å². The Balaban J connectivity index is 1.52. The monoisotopic (exact) mass is 534 g/mol. The van der Waals surface area contributed by atoms with Gasteiger partial charge in [-0.25, -0.2) is 0 Å². The van der Waals surface area contributed by atoms with Crippen molar-refractivity contribution in [1.82, 2.24) is 10.2 Å². The van der Waals surface area contributed by atoms with Crippen LogP contribution in [0.2, 0.25) is 5.02 Å². The Kier molecular flexibility index (Phi) is 10.5. The van der Waals surface area contributed by atoms with Crippen molar-refractivity contribution in [3.63, 3.8) is 0 Å². The highest BCUT2D eigenvalue weighted by molar-refractivity contribution is 7.98. The van der Waals surface area contributed by atoms with E-state index in [0.717, 1.165) is 42.6 Å². The number of carbonyl (C=O) groups excluding carboxylic acids is 2. The third kappa shape index (κ3) is 8.65. The third-order valence-corrected chi connectivity index (χ3v) is 8.09. The van der Waals surface area contributed by atoms with Gasteiger partial charge in [-0.2, -0.15) is 11.8 Å². The van der Waals surface area contributed by atoms with E-state index in [1.807, 2.05) is 72.8 Å². The van der Waals surface area contributed by atoms with Crippen molar-refractivity contribution in [3.8, 4) is 0 Å². The molecule has 4 rings (SSSR count). The molecule has 1 aliphatic rings. The molecule has 1 fully saturated rings. The molecule has 4 nitrogen and oxygen atoms in total. The van der Waals surface area contributed by atoms with Gasteiger partial charge in [-0.1, -0.05) is 97.2 Å². The summed E-state index contributed by atoms with van der Waals surface area (Å²) in [5, 5.41) is 3.91. The summed E-state index contributed by atoms with van der Waals surface area (Å²) < 4.78 is 0. The molecule has 1 N–H and O–H groups in total. The molecule has 0 aliphatic heterocycles. The van der Waals surface area contributed by atoms with Crippen molar-refractivity contribution >= 4 is 35.2 Å². The fourth-order valence-electron chi connectivity index (χ4n) is 4.78. The van der Waals surface area contributed by atoms with Gasteiger partial charge >= 0.3 is 0 Å². The van der Waals surface area contributed by atoms with Crippen molar-refractivity contribution in [2.75, 3.05) is 5.75 Å². The highest BCUT2D eigenvalue weighted by Crippen LogP contribution is 2.22. The van der Waals surface area contributed by atoms with Crippen LogP contribution in [0.4, 0.5) is 0 Å². The van der Waals surface area contributed by atoms with Gasteiger partial charge in [0, 0.05) is 42.0 Å². The molecular formula is C31H35ClN2O2S. The quantitative estimate of drug-likeness (QED) is 0.264. The zero-order valence-electron chi connectivity index (χ0n) is 21.2. The first-order valence-corrected chi connectivity index (χ1v) is 14.6. The first-order valence-electron chi connectivity index (χ1n) is 13.1. The Morgan fingerprint density at radius 3 is 2.14 bits per heavy atom. The SMILES string of the molecule is O=C(NC1CCCC1)C(Cc1ccccc1)N(Cc1ccc(Cl)cc1)C(=O)CCSCc1ccccc1. The van der Waals surface area contributed by atoms with E-state index in [0.29, 0.717) is 30.2 Å². The number of hydrogen-bond acceptors (Lipinski definition) is 3. The fourth-order valence-corrected chi connectivity index (χ4v) is 5.79. The second-order valence-electron chi connectivity index (χ2n) is 9.63. The lowest BCUT2D eigenvalue weighted by Crippen LogP contribution is -2.52. The Morgan fingerprint density at radius 2 is 1.49 bits per heavy atom. The largest absolute Gasteiger partial charge is 0.352 e. The molecule has 0 radical (unpaired) electrons. The summed E-state index contributed by atoms with van der Waals surface area (Å²) in [5.41, 5.74) is 3.25. The zero-order valence-corrected chi connectivity index (χ0v) is 22.7. The number of nitrogens with zero attached hydrogens (tertiary/aromatic N) is 1. The van der Waals surface area contributed by atoms with Gasteiger partial charge in [-0.15, -0.1) is 0 Å². The molecule has 0 spiro atoms. The molecule has 0 bridgehead atoms. The predicted octanol–water partition coefficient (Wildman–Crippen LogP) is 6.66. The molecule has 1 unspecified atom stereocenters. The summed E-state index contributed by atoms with van der Waals surface area (Å²) in [5.74, 6) is 1.50. The standard InChI is InChI=1S/C31H35ClN2O2S/c32-27-17-15-25(16-18-27)22-34(30(35)19-20-37-23-26-11-5-2-6-12-26)29(21-24-9-3-1-4-10-24)31(36)33-28-13-7-8-14-28/h1-6,9-12,15-18,28-29H,7-8,13-14,19-23H2,(H,33,36). The minimum atomic E-state index is -0.578. The van der Waals surface area contributed by atoms with Gasteiger partial charge in [-0.3, -0.25) is 9.59 Å². The zero-order chi connectivity index (χ0) is 25.9. The number of thioether (sulfide) groups is 1. The van der Waals surface area contributed by atoms with Crippen molar-refractivity contribution in [2.24, 2.45) is 0 Å². The lowest BCUT2D eigenvalue weighted by molar-refractivity contribution is -0.141. The van der Waals surface area contributed by atoms with Crippen LogP contribution in [0.1, 0.15) is 48.8 Å². The molecule has 0 aromatic heterocycles. The average molecular weight is 535 g/mol. The second kappa shape index (κ2) is 14.3. The summed E-state index contributed by atoms with van der Waals surface area (Å²) in [7, 11) is 0. The van der Waals surface area contributed by atoms with Gasteiger partial charge in [0.1, 0.15) is 6.04 Å². The summed E-state index contributed by atoms with van der Waals surface area (Å²) in [4.78, 5) is 29.2. The molecule has 0 heterocycles. The van der Waals surface area contributed by atoms with Crippen molar-refractivity contribution in [3.05, 3.63) is 107 Å². The van der Waals surface area contributed by atoms with E-state index >= 15 is 0 Å². The fraction of sp³-hybridized carbons (Fsp3) is 0.355. The average Bonchev–Trinajstić information content (AvgIpc) is 3.44. The molecule has 37 heavy (non-hydrogen) atoms. The maximum atomic E-state index is 13.7. The molecule has 1 atom stereocenters. The molecule has 1 aliphatic carbocycles. The normalized spacial score (nSPS) is 14.3. The van der Waals surface area contributed by atoms with E-state index in [-0.39, 0.29) is 17.9 Å². The predicted molar refractivity (Wildman–Crippen MR) is 154 cm³/mol. The summed E-state index contributed by atoms with van der Waals surface area (Å²) in [6.45, 7) is 0.370. The van der Waals surface area contributed by atoms with Gasteiger partial charge in [0.2, 0.25) is 11.8 Å². The van der Waals surface area contributed by atoms with Crippen LogP contribution >= 0.6 is 23.4 Å². The molecule has 6 heteroatoms. The van der Waals surface area contributed by atoms with Crippen LogP contribution in [0.25, 0.3) is 0 Å². The van der Waals surface area contributed by atoms with Crippen molar-refractivity contribution in [1.29, 1.82) is 0 Å². The van der Waals surface area contributed by atoms with Gasteiger partial charge in [0.25, 0.3) is 0 Å². The summed E-state index contributed by atoms with van der Waals surface area (Å²) >= 11 is 7.86. The number of benzene rings is 3. The minimum Gasteiger partial charge on any atom is -0.352 e. The number of rotatable bonds is 12. The van der Waals surface area contributed by atoms with E-state index in [1.54, 1.807) is 16.7 Å². The molecule has 0 saturated heterocycles. The van der Waals surface area contributed by atoms with Crippen LogP contribution in [-0.2, 0) is 28.3 Å². The Morgan fingerprint density at radius 1 is 0.865 bits per heavy atom. The summed E-state index contributed by atoms with van der Waals surface area (Å²) in [6.07, 6.45) is 5.15. The summed E-state index contributed by atoms with van der Waals surface area (Å²) in [6, 6.07) is 27.4. The first-order chi connectivity index (χ1) is 18.1. The number of nitrogens with one attached hydrogen (secondary N) is 1. The van der Waals surface area contributed by atoms with Crippen LogP contribution in [0.5, 0.6) is 0 Å². The number of carbonyl (C=O) groups is 2. The van der Waals surface area contributed by atoms with E-state index in [4.69, 9.17) is 11.6 Å². The van der Waals surface area contributed by atoms with Crippen LogP contribution < -0.4 is 5.32 Å². The van der Waals surface area contributed by atoms with Gasteiger partial charge in [0.05, 0.1) is 0 Å². The Labute approximate surface area is 229 Å². The lowest BCUT2D eigenvalue weighted by Gasteiger charge is -2.32. The molecule has 2 amide bonds. The molecular weight excluding hydrogens is 500 g/mol. The van der Waals surface area contributed by atoms with E-state index < -0.39 is 6.04 Å². The van der Waals surface area contributed by atoms with Gasteiger partial charge < -0.3 is 10.2 Å². The topological polar surface area (TPSA) is 49.4 Å². The number of amides is 2. The maximum absolute atomic E-state index is 13.7. The molecule has 3 aromatic rings. The van der Waals surface area contributed by atoms with Gasteiger partial charge in [0.15, 0.2) is 0 Å².